The fourth-order valence-electron chi connectivity index (χ4n) is 1.38. The third-order valence-electron chi connectivity index (χ3n) is 2.23. The maximum Gasteiger partial charge on any atom is 0.181 e. The predicted molar refractivity (Wildman–Crippen MR) is 54.8 cm³/mol. The first-order valence-corrected chi connectivity index (χ1v) is 4.81. The smallest absolute Gasteiger partial charge is 0.181 e. The van der Waals surface area contributed by atoms with Crippen molar-refractivity contribution in [3.8, 4) is 11.4 Å². The molecule has 2 aromatic rings. The summed E-state index contributed by atoms with van der Waals surface area (Å²) >= 11 is 0. The van der Waals surface area contributed by atoms with E-state index in [1.165, 1.54) is 0 Å². The molecule has 0 unspecified atom stereocenters. The minimum absolute atomic E-state index is 0.0546. The molecule has 0 aliphatic carbocycles. The van der Waals surface area contributed by atoms with Crippen molar-refractivity contribution in [3.63, 3.8) is 0 Å². The molecule has 15 heavy (non-hydrogen) atoms. The van der Waals surface area contributed by atoms with Gasteiger partial charge in [-0.15, -0.1) is 5.10 Å². The molecule has 5 nitrogen and oxygen atoms in total. The van der Waals surface area contributed by atoms with Crippen LogP contribution < -0.4 is 0 Å². The lowest BCUT2D eigenvalue weighted by molar-refractivity contribution is 0.282. The van der Waals surface area contributed by atoms with Crippen LogP contribution in [-0.2, 0) is 13.2 Å². The Labute approximate surface area is 87.4 Å². The Balaban J connectivity index is 2.37. The van der Waals surface area contributed by atoms with Crippen LogP contribution in [0.5, 0.6) is 0 Å². The van der Waals surface area contributed by atoms with Crippen LogP contribution in [0.2, 0.25) is 0 Å². The van der Waals surface area contributed by atoms with Crippen molar-refractivity contribution in [1.29, 1.82) is 0 Å². The summed E-state index contributed by atoms with van der Waals surface area (Å²) < 4.78 is 1.73. The van der Waals surface area contributed by atoms with E-state index in [4.69, 9.17) is 5.11 Å². The van der Waals surface area contributed by atoms with Gasteiger partial charge < -0.3 is 5.11 Å². The Hall–Kier alpha value is -1.75. The van der Waals surface area contributed by atoms with Gasteiger partial charge in [0.15, 0.2) is 5.82 Å². The first-order valence-electron chi connectivity index (χ1n) is 4.81. The molecule has 0 amide bonds. The number of nitrogens with zero attached hydrogens (tertiary/aromatic N) is 4. The van der Waals surface area contributed by atoms with Crippen molar-refractivity contribution in [3.05, 3.63) is 29.8 Å². The van der Waals surface area contributed by atoms with Gasteiger partial charge in [-0.3, -0.25) is 0 Å². The molecule has 5 heteroatoms. The van der Waals surface area contributed by atoms with Crippen molar-refractivity contribution < 1.29 is 5.11 Å². The molecular formula is C10H12N4O. The van der Waals surface area contributed by atoms with E-state index in [2.05, 4.69) is 15.5 Å². The Morgan fingerprint density at radius 1 is 1.27 bits per heavy atom. The van der Waals surface area contributed by atoms with E-state index in [0.717, 1.165) is 23.5 Å². The van der Waals surface area contributed by atoms with Crippen molar-refractivity contribution >= 4 is 0 Å². The molecule has 2 rings (SSSR count). The highest BCUT2D eigenvalue weighted by atomic mass is 16.3. The molecular weight excluding hydrogens is 192 g/mol. The molecule has 0 saturated heterocycles. The second-order valence-corrected chi connectivity index (χ2v) is 3.17. The fourth-order valence-corrected chi connectivity index (χ4v) is 1.38. The standard InChI is InChI=1S/C10H12N4O/c1-2-14-10(11-12-13-14)9-5-3-8(7-15)4-6-9/h3-6,15H,2,7H2,1H3. The summed E-state index contributed by atoms with van der Waals surface area (Å²) in [5.74, 6) is 0.752. The Morgan fingerprint density at radius 3 is 2.60 bits per heavy atom. The number of aliphatic hydroxyl groups excluding tert-OH is 1. The molecule has 78 valence electrons. The molecule has 0 fully saturated rings. The van der Waals surface area contributed by atoms with Crippen LogP contribution in [0.1, 0.15) is 12.5 Å². The van der Waals surface area contributed by atoms with Gasteiger partial charge in [0, 0.05) is 12.1 Å². The average Bonchev–Trinajstić information content (AvgIpc) is 2.77. The summed E-state index contributed by atoms with van der Waals surface area (Å²) in [6.07, 6.45) is 0. The van der Waals surface area contributed by atoms with Crippen LogP contribution in [0, 0.1) is 0 Å². The van der Waals surface area contributed by atoms with Crippen LogP contribution >= 0.6 is 0 Å². The third-order valence-corrected chi connectivity index (χ3v) is 2.23. The van der Waals surface area contributed by atoms with E-state index in [1.54, 1.807) is 4.68 Å². The monoisotopic (exact) mass is 204 g/mol. The number of rotatable bonds is 3. The van der Waals surface area contributed by atoms with Gasteiger partial charge in [-0.1, -0.05) is 24.3 Å². The first kappa shape index (κ1) is 9.79. The summed E-state index contributed by atoms with van der Waals surface area (Å²) in [6.45, 7) is 2.78. The summed E-state index contributed by atoms with van der Waals surface area (Å²) in [4.78, 5) is 0. The third kappa shape index (κ3) is 1.87. The van der Waals surface area contributed by atoms with E-state index >= 15 is 0 Å². The lowest BCUT2D eigenvalue weighted by Gasteiger charge is -2.01. The SMILES string of the molecule is CCn1nnnc1-c1ccc(CO)cc1. The maximum atomic E-state index is 8.91. The summed E-state index contributed by atoms with van der Waals surface area (Å²) in [5.41, 5.74) is 1.84. The minimum atomic E-state index is 0.0546. The van der Waals surface area contributed by atoms with E-state index in [-0.39, 0.29) is 6.61 Å². The lowest BCUT2D eigenvalue weighted by atomic mass is 10.1. The molecule has 0 atom stereocenters. The number of tetrazole rings is 1. The number of aryl methyl sites for hydroxylation is 1. The highest BCUT2D eigenvalue weighted by Gasteiger charge is 2.06. The number of aromatic nitrogens is 4. The quantitative estimate of drug-likeness (QED) is 0.805. The molecule has 1 N–H and O–H groups in total. The number of aliphatic hydroxyl groups is 1. The molecule has 0 aliphatic heterocycles. The molecule has 1 aromatic carbocycles. The van der Waals surface area contributed by atoms with Crippen molar-refractivity contribution in [2.75, 3.05) is 0 Å². The van der Waals surface area contributed by atoms with Gasteiger partial charge in [0.25, 0.3) is 0 Å². The number of hydrogen-bond acceptors (Lipinski definition) is 4. The topological polar surface area (TPSA) is 63.8 Å². The van der Waals surface area contributed by atoms with Crippen molar-refractivity contribution in [1.82, 2.24) is 20.2 Å². The molecule has 0 spiro atoms. The van der Waals surface area contributed by atoms with Gasteiger partial charge in [0.2, 0.25) is 0 Å². The van der Waals surface area contributed by atoms with Gasteiger partial charge in [0.05, 0.1) is 6.61 Å². The zero-order valence-corrected chi connectivity index (χ0v) is 8.46. The fraction of sp³-hybridized carbons (Fsp3) is 0.300. The van der Waals surface area contributed by atoms with Gasteiger partial charge in [-0.05, 0) is 22.9 Å². The average molecular weight is 204 g/mol. The second-order valence-electron chi connectivity index (χ2n) is 3.17. The van der Waals surface area contributed by atoms with Crippen LogP contribution in [0.25, 0.3) is 11.4 Å². The molecule has 0 bridgehead atoms. The van der Waals surface area contributed by atoms with Crippen LogP contribution in [0.3, 0.4) is 0 Å². The van der Waals surface area contributed by atoms with Gasteiger partial charge in [-0.2, -0.15) is 0 Å². The van der Waals surface area contributed by atoms with E-state index in [0.29, 0.717) is 0 Å². The maximum absolute atomic E-state index is 8.91. The zero-order valence-electron chi connectivity index (χ0n) is 8.46. The number of hydrogen-bond donors (Lipinski definition) is 1. The van der Waals surface area contributed by atoms with Crippen molar-refractivity contribution in [2.45, 2.75) is 20.1 Å². The van der Waals surface area contributed by atoms with E-state index < -0.39 is 0 Å². The van der Waals surface area contributed by atoms with Gasteiger partial charge >= 0.3 is 0 Å². The minimum Gasteiger partial charge on any atom is -0.392 e. The van der Waals surface area contributed by atoms with Crippen LogP contribution in [-0.4, -0.2) is 25.3 Å². The summed E-state index contributed by atoms with van der Waals surface area (Å²) in [7, 11) is 0. The van der Waals surface area contributed by atoms with Crippen molar-refractivity contribution in [2.24, 2.45) is 0 Å². The molecule has 1 heterocycles. The van der Waals surface area contributed by atoms with Crippen LogP contribution in [0.15, 0.2) is 24.3 Å². The zero-order chi connectivity index (χ0) is 10.7. The highest BCUT2D eigenvalue weighted by Crippen LogP contribution is 2.16. The van der Waals surface area contributed by atoms with Gasteiger partial charge in [-0.25, -0.2) is 4.68 Å². The molecule has 1 aromatic heterocycles. The van der Waals surface area contributed by atoms with E-state index in [9.17, 15) is 0 Å². The Kier molecular flexibility index (Phi) is 2.73. The predicted octanol–water partition coefficient (Wildman–Crippen LogP) is 0.852. The van der Waals surface area contributed by atoms with E-state index in [1.807, 2.05) is 31.2 Å². The van der Waals surface area contributed by atoms with Gasteiger partial charge in [0.1, 0.15) is 0 Å². The first-order chi connectivity index (χ1) is 7.35. The number of benzene rings is 1. The highest BCUT2D eigenvalue weighted by molar-refractivity contribution is 5.54. The molecule has 0 aliphatic rings. The molecule has 0 radical (unpaired) electrons. The summed E-state index contributed by atoms with van der Waals surface area (Å²) in [5, 5.41) is 20.4. The molecule has 0 saturated carbocycles. The Morgan fingerprint density at radius 2 is 2.00 bits per heavy atom. The Bertz CT molecular complexity index is 435. The largest absolute Gasteiger partial charge is 0.392 e. The lowest BCUT2D eigenvalue weighted by Crippen LogP contribution is -1.99. The van der Waals surface area contributed by atoms with Crippen LogP contribution in [0.4, 0.5) is 0 Å². The summed E-state index contributed by atoms with van der Waals surface area (Å²) in [6, 6.07) is 7.54. The normalized spacial score (nSPS) is 10.5. The second kappa shape index (κ2) is 4.18.